The fourth-order valence-electron chi connectivity index (χ4n) is 2.77. The van der Waals surface area contributed by atoms with Crippen LogP contribution in [0.5, 0.6) is 5.75 Å². The van der Waals surface area contributed by atoms with Gasteiger partial charge in [-0.25, -0.2) is 0 Å². The molecule has 1 aliphatic heterocycles. The molecule has 1 aromatic heterocycles. The van der Waals surface area contributed by atoms with Gasteiger partial charge in [0.05, 0.1) is 5.92 Å². The van der Waals surface area contributed by atoms with Crippen LogP contribution in [0.4, 0.5) is 5.69 Å². The van der Waals surface area contributed by atoms with Gasteiger partial charge in [-0.05, 0) is 54.4 Å². The van der Waals surface area contributed by atoms with E-state index in [1.54, 1.807) is 11.6 Å². The Morgan fingerprint density at radius 1 is 1.24 bits per heavy atom. The highest BCUT2D eigenvalue weighted by atomic mass is 35.5. The van der Waals surface area contributed by atoms with Gasteiger partial charge >= 0.3 is 0 Å². The highest BCUT2D eigenvalue weighted by Gasteiger charge is 2.26. The molecule has 0 spiro atoms. The predicted molar refractivity (Wildman–Crippen MR) is 98.1 cm³/mol. The molecule has 2 aromatic carbocycles. The molecule has 3 aromatic rings. The Morgan fingerprint density at radius 2 is 2.08 bits per heavy atom. The zero-order chi connectivity index (χ0) is 17.2. The van der Waals surface area contributed by atoms with Crippen LogP contribution in [0.15, 0.2) is 48.0 Å². The maximum absolute atomic E-state index is 12.5. The monoisotopic (exact) mass is 371 g/mol. The minimum absolute atomic E-state index is 0.0608. The molecule has 1 amide bonds. The van der Waals surface area contributed by atoms with Gasteiger partial charge in [0.2, 0.25) is 5.91 Å². The van der Waals surface area contributed by atoms with Crippen LogP contribution in [-0.2, 0) is 11.2 Å². The first-order chi connectivity index (χ1) is 12.2. The van der Waals surface area contributed by atoms with Crippen molar-refractivity contribution in [2.24, 2.45) is 5.92 Å². The number of fused-ring (bicyclic) bond motifs is 1. The minimum Gasteiger partial charge on any atom is -0.492 e. The third kappa shape index (κ3) is 3.50. The zero-order valence-corrected chi connectivity index (χ0v) is 14.7. The van der Waals surface area contributed by atoms with Gasteiger partial charge in [-0.15, -0.1) is 10.2 Å². The first-order valence-electron chi connectivity index (χ1n) is 7.78. The summed E-state index contributed by atoms with van der Waals surface area (Å²) in [7, 11) is 0. The summed E-state index contributed by atoms with van der Waals surface area (Å²) < 4.78 is 5.68. The fourth-order valence-corrected chi connectivity index (χ4v) is 3.53. The highest BCUT2D eigenvalue weighted by molar-refractivity contribution is 7.12. The van der Waals surface area contributed by atoms with E-state index in [1.807, 2.05) is 36.4 Å². The van der Waals surface area contributed by atoms with Crippen LogP contribution in [0.2, 0.25) is 5.02 Å². The Kier molecular flexibility index (Phi) is 4.38. The number of nitrogens with zero attached hydrogens (tertiary/aromatic N) is 2. The third-order valence-electron chi connectivity index (χ3n) is 4.06. The van der Waals surface area contributed by atoms with E-state index in [-0.39, 0.29) is 11.8 Å². The van der Waals surface area contributed by atoms with E-state index in [9.17, 15) is 4.79 Å². The molecular weight excluding hydrogens is 358 g/mol. The molecule has 4 rings (SSSR count). The van der Waals surface area contributed by atoms with Gasteiger partial charge in [0, 0.05) is 16.3 Å². The minimum atomic E-state index is -0.242. The number of carbonyl (C=O) groups is 1. The van der Waals surface area contributed by atoms with Crippen molar-refractivity contribution < 1.29 is 9.53 Å². The summed E-state index contributed by atoms with van der Waals surface area (Å²) in [5.74, 6) is 0.498. The van der Waals surface area contributed by atoms with E-state index in [4.69, 9.17) is 16.3 Å². The molecule has 2 heterocycles. The zero-order valence-electron chi connectivity index (χ0n) is 13.1. The number of benzene rings is 2. The molecule has 0 saturated heterocycles. The highest BCUT2D eigenvalue weighted by Crippen LogP contribution is 2.30. The van der Waals surface area contributed by atoms with Crippen LogP contribution in [0, 0.1) is 5.92 Å². The lowest BCUT2D eigenvalue weighted by Crippen LogP contribution is -2.32. The summed E-state index contributed by atoms with van der Waals surface area (Å²) in [4.78, 5) is 12.5. The largest absolute Gasteiger partial charge is 0.492 e. The Bertz CT molecular complexity index is 897. The van der Waals surface area contributed by atoms with Crippen LogP contribution < -0.4 is 10.1 Å². The molecule has 1 aliphatic rings. The average molecular weight is 372 g/mol. The van der Waals surface area contributed by atoms with Crippen molar-refractivity contribution in [1.29, 1.82) is 0 Å². The average Bonchev–Trinajstić information content (AvgIpc) is 3.16. The number of nitrogens with one attached hydrogen (secondary N) is 1. The predicted octanol–water partition coefficient (Wildman–Crippen LogP) is 4.05. The van der Waals surface area contributed by atoms with Crippen molar-refractivity contribution in [3.8, 4) is 16.3 Å². The Labute approximate surface area is 153 Å². The second-order valence-electron chi connectivity index (χ2n) is 5.77. The van der Waals surface area contributed by atoms with Gasteiger partial charge in [-0.1, -0.05) is 22.9 Å². The number of amides is 1. The number of aromatic nitrogens is 2. The molecule has 0 saturated carbocycles. The number of anilines is 1. The van der Waals surface area contributed by atoms with Crippen molar-refractivity contribution in [1.82, 2.24) is 10.2 Å². The van der Waals surface area contributed by atoms with Crippen molar-refractivity contribution in [3.05, 3.63) is 58.6 Å². The number of hydrogen-bond acceptors (Lipinski definition) is 5. The molecule has 25 heavy (non-hydrogen) atoms. The van der Waals surface area contributed by atoms with Gasteiger partial charge in [0.1, 0.15) is 22.9 Å². The lowest BCUT2D eigenvalue weighted by Gasteiger charge is -2.24. The van der Waals surface area contributed by atoms with Crippen molar-refractivity contribution in [2.45, 2.75) is 6.42 Å². The molecule has 0 aliphatic carbocycles. The third-order valence-corrected chi connectivity index (χ3v) is 5.03. The summed E-state index contributed by atoms with van der Waals surface area (Å²) in [6, 6.07) is 13.1. The van der Waals surface area contributed by atoms with Crippen LogP contribution in [0.25, 0.3) is 10.6 Å². The Balaban J connectivity index is 1.44. The van der Waals surface area contributed by atoms with Gasteiger partial charge in [0.25, 0.3) is 0 Å². The van der Waals surface area contributed by atoms with Crippen LogP contribution in [0.3, 0.4) is 0 Å². The van der Waals surface area contributed by atoms with Crippen LogP contribution >= 0.6 is 22.9 Å². The maximum Gasteiger partial charge on any atom is 0.231 e. The van der Waals surface area contributed by atoms with E-state index in [1.165, 1.54) is 11.3 Å². The summed E-state index contributed by atoms with van der Waals surface area (Å²) in [5, 5.41) is 12.3. The summed E-state index contributed by atoms with van der Waals surface area (Å²) in [5.41, 5.74) is 4.38. The number of ether oxygens (including phenoxy) is 1. The topological polar surface area (TPSA) is 64.1 Å². The lowest BCUT2D eigenvalue weighted by atomic mass is 9.96. The molecule has 1 N–H and O–H groups in total. The van der Waals surface area contributed by atoms with E-state index in [0.29, 0.717) is 18.1 Å². The standard InChI is InChI=1S/C18H14ClN3O2S/c19-14-3-6-16-12(8-14)7-13(9-24-16)17(23)21-15-4-1-11(2-5-15)18-22-20-10-25-18/h1-6,8,10,13H,7,9H2,(H,21,23)/t13-/m0/s1. The summed E-state index contributed by atoms with van der Waals surface area (Å²) in [6.45, 7) is 0.364. The molecule has 0 fully saturated rings. The normalized spacial score (nSPS) is 16.0. The second-order valence-corrected chi connectivity index (χ2v) is 7.04. The molecule has 7 heteroatoms. The molecule has 5 nitrogen and oxygen atoms in total. The smallest absolute Gasteiger partial charge is 0.231 e. The van der Waals surface area contributed by atoms with Crippen molar-refractivity contribution in [3.63, 3.8) is 0 Å². The number of halogens is 1. The van der Waals surface area contributed by atoms with E-state index in [0.717, 1.165) is 27.6 Å². The maximum atomic E-state index is 12.5. The number of hydrogen-bond donors (Lipinski definition) is 1. The quantitative estimate of drug-likeness (QED) is 0.754. The first kappa shape index (κ1) is 16.1. The summed E-state index contributed by atoms with van der Waals surface area (Å²) in [6.07, 6.45) is 0.616. The van der Waals surface area contributed by atoms with Gasteiger partial charge in [-0.2, -0.15) is 0 Å². The van der Waals surface area contributed by atoms with Crippen LogP contribution in [0.1, 0.15) is 5.56 Å². The molecular formula is C18H14ClN3O2S. The SMILES string of the molecule is O=C(Nc1ccc(-c2nncs2)cc1)[C@@H]1COc2ccc(Cl)cc2C1. The molecule has 126 valence electrons. The Hall–Kier alpha value is -2.44. The molecule has 0 bridgehead atoms. The summed E-state index contributed by atoms with van der Waals surface area (Å²) >= 11 is 7.50. The van der Waals surface area contributed by atoms with Crippen molar-refractivity contribution in [2.75, 3.05) is 11.9 Å². The lowest BCUT2D eigenvalue weighted by molar-refractivity contribution is -0.121. The van der Waals surface area contributed by atoms with Gasteiger partial charge < -0.3 is 10.1 Å². The number of rotatable bonds is 3. The van der Waals surface area contributed by atoms with Crippen molar-refractivity contribution >= 4 is 34.5 Å². The molecule has 0 unspecified atom stereocenters. The van der Waals surface area contributed by atoms with E-state index in [2.05, 4.69) is 15.5 Å². The molecule has 1 atom stereocenters. The fraction of sp³-hybridized carbons (Fsp3) is 0.167. The van der Waals surface area contributed by atoms with Gasteiger partial charge in [-0.3, -0.25) is 4.79 Å². The van der Waals surface area contributed by atoms with E-state index < -0.39 is 0 Å². The second kappa shape index (κ2) is 6.82. The Morgan fingerprint density at radius 3 is 2.84 bits per heavy atom. The first-order valence-corrected chi connectivity index (χ1v) is 9.03. The number of carbonyl (C=O) groups excluding carboxylic acids is 1. The van der Waals surface area contributed by atoms with E-state index >= 15 is 0 Å². The molecule has 0 radical (unpaired) electrons. The van der Waals surface area contributed by atoms with Crippen LogP contribution in [-0.4, -0.2) is 22.7 Å². The van der Waals surface area contributed by atoms with Gasteiger partial charge in [0.15, 0.2) is 0 Å².